The van der Waals surface area contributed by atoms with Crippen LogP contribution in [0.2, 0.25) is 0 Å². The zero-order valence-electron chi connectivity index (χ0n) is 18.5. The number of nitrogens with one attached hydrogen (secondary N) is 2. The maximum atomic E-state index is 12.5. The standard InChI is InChI=1S/C24H24N6O3/c1-4-33-22-12-17(10-11-21(22)31)14-25-28-24(32)20-13-19(26-27-20)23-15(2)29-30(16(23)3)18-8-6-5-7-9-18/h5-14,31H,4H2,1-3H3,(H,26,27)(H,28,32)/b25-14+. The highest BCUT2D eigenvalue weighted by Gasteiger charge is 2.18. The molecule has 0 saturated carbocycles. The number of carbonyl (C=O) groups excluding carboxylic acids is 1. The molecular weight excluding hydrogens is 420 g/mol. The van der Waals surface area contributed by atoms with Crippen LogP contribution in [-0.2, 0) is 0 Å². The third-order valence-corrected chi connectivity index (χ3v) is 5.03. The van der Waals surface area contributed by atoms with Crippen molar-refractivity contribution in [3.63, 3.8) is 0 Å². The Hall–Kier alpha value is -4.40. The van der Waals surface area contributed by atoms with Gasteiger partial charge in [0.1, 0.15) is 5.69 Å². The second-order valence-corrected chi connectivity index (χ2v) is 7.32. The number of H-pyrrole nitrogens is 1. The second kappa shape index (κ2) is 9.39. The molecule has 0 atom stereocenters. The van der Waals surface area contributed by atoms with E-state index < -0.39 is 5.91 Å². The van der Waals surface area contributed by atoms with E-state index in [0.29, 0.717) is 23.6 Å². The van der Waals surface area contributed by atoms with Crippen molar-refractivity contribution in [3.8, 4) is 28.4 Å². The van der Waals surface area contributed by atoms with Gasteiger partial charge in [-0.15, -0.1) is 0 Å². The van der Waals surface area contributed by atoms with Crippen molar-refractivity contribution >= 4 is 12.1 Å². The fourth-order valence-corrected chi connectivity index (χ4v) is 3.51. The van der Waals surface area contributed by atoms with Crippen LogP contribution in [0.15, 0.2) is 59.7 Å². The van der Waals surface area contributed by atoms with Gasteiger partial charge in [-0.2, -0.15) is 15.3 Å². The molecule has 0 fully saturated rings. The lowest BCUT2D eigenvalue weighted by atomic mass is 10.1. The Kier molecular flexibility index (Phi) is 6.21. The average molecular weight is 444 g/mol. The highest BCUT2D eigenvalue weighted by Crippen LogP contribution is 2.28. The van der Waals surface area contributed by atoms with Gasteiger partial charge in [-0.25, -0.2) is 10.1 Å². The number of nitrogens with zero attached hydrogens (tertiary/aromatic N) is 4. The van der Waals surface area contributed by atoms with Crippen molar-refractivity contribution in [2.75, 3.05) is 6.61 Å². The molecule has 9 nitrogen and oxygen atoms in total. The number of amides is 1. The van der Waals surface area contributed by atoms with E-state index >= 15 is 0 Å². The van der Waals surface area contributed by atoms with E-state index in [-0.39, 0.29) is 11.4 Å². The van der Waals surface area contributed by atoms with Crippen molar-refractivity contribution in [2.45, 2.75) is 20.8 Å². The molecule has 168 valence electrons. The Morgan fingerprint density at radius 3 is 2.76 bits per heavy atom. The SMILES string of the molecule is CCOc1cc(/C=N/NC(=O)c2cc(-c3c(C)nn(-c4ccccc4)c3C)n[nH]2)ccc1O. The van der Waals surface area contributed by atoms with Crippen molar-refractivity contribution in [1.82, 2.24) is 25.4 Å². The van der Waals surface area contributed by atoms with Crippen LogP contribution >= 0.6 is 0 Å². The first-order valence-corrected chi connectivity index (χ1v) is 10.4. The summed E-state index contributed by atoms with van der Waals surface area (Å²) in [5.74, 6) is -0.0310. The van der Waals surface area contributed by atoms with E-state index in [1.807, 2.05) is 55.8 Å². The van der Waals surface area contributed by atoms with Gasteiger partial charge in [0.05, 0.1) is 35.6 Å². The zero-order valence-corrected chi connectivity index (χ0v) is 18.5. The van der Waals surface area contributed by atoms with E-state index in [4.69, 9.17) is 4.74 Å². The van der Waals surface area contributed by atoms with Crippen LogP contribution in [0.25, 0.3) is 16.9 Å². The quantitative estimate of drug-likeness (QED) is 0.296. The summed E-state index contributed by atoms with van der Waals surface area (Å²) in [6.07, 6.45) is 1.47. The van der Waals surface area contributed by atoms with Gasteiger partial charge in [0.2, 0.25) is 0 Å². The van der Waals surface area contributed by atoms with Crippen molar-refractivity contribution < 1.29 is 14.6 Å². The fraction of sp³-hybridized carbons (Fsp3) is 0.167. The number of aromatic amines is 1. The zero-order chi connectivity index (χ0) is 23.4. The minimum atomic E-state index is -0.431. The molecule has 0 aliphatic rings. The summed E-state index contributed by atoms with van der Waals surface area (Å²) >= 11 is 0. The predicted molar refractivity (Wildman–Crippen MR) is 125 cm³/mol. The van der Waals surface area contributed by atoms with Crippen LogP contribution in [0.5, 0.6) is 11.5 Å². The molecule has 33 heavy (non-hydrogen) atoms. The van der Waals surface area contributed by atoms with Gasteiger partial charge >= 0.3 is 0 Å². The number of benzene rings is 2. The number of carbonyl (C=O) groups is 1. The number of aromatic nitrogens is 4. The summed E-state index contributed by atoms with van der Waals surface area (Å²) in [7, 11) is 0. The summed E-state index contributed by atoms with van der Waals surface area (Å²) in [6, 6.07) is 16.3. The largest absolute Gasteiger partial charge is 0.504 e. The summed E-state index contributed by atoms with van der Waals surface area (Å²) in [4.78, 5) is 12.5. The normalized spacial score (nSPS) is 11.1. The van der Waals surface area contributed by atoms with E-state index in [9.17, 15) is 9.90 Å². The van der Waals surface area contributed by atoms with Crippen molar-refractivity contribution in [1.29, 1.82) is 0 Å². The lowest BCUT2D eigenvalue weighted by Gasteiger charge is -2.05. The number of hydrogen-bond acceptors (Lipinski definition) is 6. The number of rotatable bonds is 7. The van der Waals surface area contributed by atoms with Crippen LogP contribution in [0.1, 0.15) is 34.4 Å². The highest BCUT2D eigenvalue weighted by atomic mass is 16.5. The van der Waals surface area contributed by atoms with Gasteiger partial charge in [-0.3, -0.25) is 9.89 Å². The highest BCUT2D eigenvalue weighted by molar-refractivity contribution is 5.94. The topological polar surface area (TPSA) is 117 Å². The Balaban J connectivity index is 1.49. The molecule has 0 radical (unpaired) electrons. The van der Waals surface area contributed by atoms with Gasteiger partial charge in [-0.05, 0) is 62.7 Å². The smallest absolute Gasteiger partial charge is 0.289 e. The van der Waals surface area contributed by atoms with Gasteiger partial charge in [0, 0.05) is 5.56 Å². The molecule has 2 aromatic heterocycles. The van der Waals surface area contributed by atoms with Gasteiger partial charge in [-0.1, -0.05) is 18.2 Å². The second-order valence-electron chi connectivity index (χ2n) is 7.32. The molecule has 4 aromatic rings. The average Bonchev–Trinajstić information content (AvgIpc) is 3.40. The van der Waals surface area contributed by atoms with Crippen molar-refractivity contribution in [3.05, 3.63) is 77.2 Å². The third kappa shape index (κ3) is 4.62. The van der Waals surface area contributed by atoms with E-state index in [2.05, 4.69) is 25.8 Å². The molecule has 9 heteroatoms. The molecule has 0 saturated heterocycles. The monoisotopic (exact) mass is 444 g/mol. The Bertz CT molecular complexity index is 1310. The first-order valence-electron chi connectivity index (χ1n) is 10.4. The molecule has 0 spiro atoms. The van der Waals surface area contributed by atoms with Crippen LogP contribution in [0.4, 0.5) is 0 Å². The molecule has 0 unspecified atom stereocenters. The lowest BCUT2D eigenvalue weighted by molar-refractivity contribution is 0.0950. The fourth-order valence-electron chi connectivity index (χ4n) is 3.51. The lowest BCUT2D eigenvalue weighted by Crippen LogP contribution is -2.18. The predicted octanol–water partition coefficient (Wildman–Crippen LogP) is 3.75. The van der Waals surface area contributed by atoms with Crippen molar-refractivity contribution in [2.24, 2.45) is 5.10 Å². The third-order valence-electron chi connectivity index (χ3n) is 5.03. The summed E-state index contributed by atoms with van der Waals surface area (Å²) in [6.45, 7) is 6.13. The van der Waals surface area contributed by atoms with Gasteiger partial charge in [0.15, 0.2) is 11.5 Å². The van der Waals surface area contributed by atoms with Gasteiger partial charge < -0.3 is 9.84 Å². The summed E-state index contributed by atoms with van der Waals surface area (Å²) in [5.41, 5.74) is 7.59. The minimum Gasteiger partial charge on any atom is -0.504 e. The number of hydrazone groups is 1. The Morgan fingerprint density at radius 1 is 1.21 bits per heavy atom. The number of aromatic hydroxyl groups is 1. The van der Waals surface area contributed by atoms with Gasteiger partial charge in [0.25, 0.3) is 5.91 Å². The van der Waals surface area contributed by atoms with Crippen LogP contribution in [0.3, 0.4) is 0 Å². The molecule has 2 aromatic carbocycles. The van der Waals surface area contributed by atoms with Crippen LogP contribution in [0, 0.1) is 13.8 Å². The number of phenols is 1. The first-order chi connectivity index (χ1) is 16.0. The van der Waals surface area contributed by atoms with Crippen LogP contribution in [-0.4, -0.2) is 43.8 Å². The van der Waals surface area contributed by atoms with E-state index in [1.54, 1.807) is 18.2 Å². The molecule has 4 rings (SSSR count). The molecule has 0 aliphatic carbocycles. The molecule has 3 N–H and O–H groups in total. The van der Waals surface area contributed by atoms with Crippen LogP contribution < -0.4 is 10.2 Å². The number of hydrogen-bond donors (Lipinski definition) is 3. The van der Waals surface area contributed by atoms with E-state index in [0.717, 1.165) is 22.6 Å². The number of para-hydroxylation sites is 1. The molecule has 0 aliphatic heterocycles. The number of aryl methyl sites for hydroxylation is 1. The van der Waals surface area contributed by atoms with E-state index in [1.165, 1.54) is 12.3 Å². The summed E-state index contributed by atoms with van der Waals surface area (Å²) in [5, 5.41) is 25.5. The Labute approximate surface area is 190 Å². The molecular formula is C24H24N6O3. The minimum absolute atomic E-state index is 0.0456. The molecule has 2 heterocycles. The number of phenolic OH excluding ortho intramolecular Hbond substituents is 1. The number of ether oxygens (including phenoxy) is 1. The molecule has 1 amide bonds. The maximum Gasteiger partial charge on any atom is 0.289 e. The Morgan fingerprint density at radius 2 is 2.00 bits per heavy atom. The first kappa shape index (κ1) is 21.8. The summed E-state index contributed by atoms with van der Waals surface area (Å²) < 4.78 is 7.21. The maximum absolute atomic E-state index is 12.5. The molecule has 0 bridgehead atoms.